The monoisotopic (exact) mass is 420 g/mol. The summed E-state index contributed by atoms with van der Waals surface area (Å²) in [6.45, 7) is 4.37. The first-order chi connectivity index (χ1) is 16.2. The number of fused-ring (bicyclic) bond motifs is 3. The van der Waals surface area contributed by atoms with Gasteiger partial charge < -0.3 is 0 Å². The zero-order chi connectivity index (χ0) is 22.6. The molecule has 1 saturated carbocycles. The van der Waals surface area contributed by atoms with E-state index >= 15 is 0 Å². The van der Waals surface area contributed by atoms with Crippen molar-refractivity contribution in [1.29, 1.82) is 0 Å². The van der Waals surface area contributed by atoms with E-state index in [2.05, 4.69) is 102 Å². The molecular formula is C30H31N2+. The van der Waals surface area contributed by atoms with Crippen LogP contribution >= 0.6 is 0 Å². The van der Waals surface area contributed by atoms with Gasteiger partial charge in [-0.3, -0.25) is 0 Å². The van der Waals surface area contributed by atoms with E-state index in [1.165, 1.54) is 65.9 Å². The van der Waals surface area contributed by atoms with Crippen LogP contribution in [0.25, 0.3) is 11.4 Å². The van der Waals surface area contributed by atoms with E-state index in [-0.39, 0.29) is 5.41 Å². The van der Waals surface area contributed by atoms with Crippen molar-refractivity contribution in [3.05, 3.63) is 113 Å². The molecule has 0 bridgehead atoms. The lowest BCUT2D eigenvalue weighted by molar-refractivity contribution is -0.602. The van der Waals surface area contributed by atoms with E-state index in [0.29, 0.717) is 12.2 Å². The highest BCUT2D eigenvalue weighted by atomic mass is 15.2. The van der Waals surface area contributed by atoms with Gasteiger partial charge in [0.15, 0.2) is 7.06 Å². The third kappa shape index (κ3) is 2.62. The van der Waals surface area contributed by atoms with Gasteiger partial charge in [0.25, 0.3) is 6.30 Å². The zero-order valence-corrected chi connectivity index (χ0v) is 19.0. The van der Waals surface area contributed by atoms with Crippen LogP contribution < -0.4 is 4.57 Å². The number of imidazole rings is 1. The maximum absolute atomic E-state index is 9.39. The quantitative estimate of drug-likeness (QED) is 0.330. The average Bonchev–Trinajstić information content (AvgIpc) is 3.31. The molecule has 0 N–H and O–H groups in total. The normalized spacial score (nSPS) is 20.6. The Hall–Kier alpha value is -3.13. The lowest BCUT2D eigenvalue weighted by atomic mass is 9.60. The maximum atomic E-state index is 9.39. The van der Waals surface area contributed by atoms with Gasteiger partial charge >= 0.3 is 0 Å². The summed E-state index contributed by atoms with van der Waals surface area (Å²) < 4.78 is 13.8. The van der Waals surface area contributed by atoms with Crippen molar-refractivity contribution in [2.45, 2.75) is 51.4 Å². The fourth-order valence-electron chi connectivity index (χ4n) is 6.49. The molecule has 2 heteroatoms. The van der Waals surface area contributed by atoms with E-state index in [9.17, 15) is 1.37 Å². The molecule has 4 aromatic rings. The third-order valence-corrected chi connectivity index (χ3v) is 7.85. The van der Waals surface area contributed by atoms with Crippen molar-refractivity contribution < 1.29 is 5.94 Å². The van der Waals surface area contributed by atoms with Gasteiger partial charge in [-0.15, -0.1) is 0 Å². The fraction of sp³-hybridized carbons (Fsp3) is 0.300. The summed E-state index contributed by atoms with van der Waals surface area (Å²) in [4.78, 5) is 0. The number of aryl methyl sites for hydroxylation is 1. The molecule has 6 rings (SSSR count). The van der Waals surface area contributed by atoms with Gasteiger partial charge in [-0.2, -0.15) is 9.13 Å². The minimum absolute atomic E-state index is 0.230. The SMILES string of the molecule is [2H]c1n2c(c(C)[n+]1-c1ccccc1C)C(c1ccccc1)(C1CCCCC1)c1ccccc1-2. The molecule has 3 aromatic carbocycles. The number of aromatic nitrogens is 2. The Balaban J connectivity index is 1.75. The molecule has 1 aromatic heterocycles. The van der Waals surface area contributed by atoms with Gasteiger partial charge in [0.05, 0.1) is 5.41 Å². The molecule has 2 nitrogen and oxygen atoms in total. The Labute approximate surface area is 192 Å². The van der Waals surface area contributed by atoms with Crippen molar-refractivity contribution in [2.75, 3.05) is 0 Å². The van der Waals surface area contributed by atoms with E-state index in [0.717, 1.165) is 5.69 Å². The number of para-hydroxylation sites is 2. The molecule has 1 atom stereocenters. The van der Waals surface area contributed by atoms with Gasteiger partial charge in [0, 0.05) is 12.5 Å². The first kappa shape index (κ1) is 18.4. The summed E-state index contributed by atoms with van der Waals surface area (Å²) in [5, 5.41) is 0. The Bertz CT molecular complexity index is 1330. The van der Waals surface area contributed by atoms with Crippen LogP contribution in [0.1, 0.15) is 61.6 Å². The van der Waals surface area contributed by atoms with Gasteiger partial charge in [-0.05, 0) is 48.9 Å². The Morgan fingerprint density at radius 1 is 0.844 bits per heavy atom. The van der Waals surface area contributed by atoms with E-state index in [1.54, 1.807) is 0 Å². The molecule has 1 unspecified atom stereocenters. The lowest BCUT2D eigenvalue weighted by Crippen LogP contribution is -2.40. The summed E-state index contributed by atoms with van der Waals surface area (Å²) in [7, 11) is 0. The summed E-state index contributed by atoms with van der Waals surface area (Å²) in [6.07, 6.45) is 6.89. The Kier molecular flexibility index (Phi) is 4.31. The summed E-state index contributed by atoms with van der Waals surface area (Å²) >= 11 is 0. The van der Waals surface area contributed by atoms with Crippen molar-refractivity contribution >= 4 is 0 Å². The van der Waals surface area contributed by atoms with Crippen LogP contribution in [0.2, 0.25) is 0 Å². The maximum Gasteiger partial charge on any atom is 0.254 e. The third-order valence-electron chi connectivity index (χ3n) is 7.85. The molecule has 0 radical (unpaired) electrons. The predicted octanol–water partition coefficient (Wildman–Crippen LogP) is 6.60. The number of nitrogens with zero attached hydrogens (tertiary/aromatic N) is 2. The van der Waals surface area contributed by atoms with Crippen LogP contribution in [-0.4, -0.2) is 4.57 Å². The van der Waals surface area contributed by atoms with Crippen molar-refractivity contribution in [3.8, 4) is 11.4 Å². The molecule has 1 aliphatic heterocycles. The second-order valence-corrected chi connectivity index (χ2v) is 9.52. The second kappa shape index (κ2) is 7.48. The summed E-state index contributed by atoms with van der Waals surface area (Å²) in [6, 6.07) is 28.4. The molecule has 0 amide bonds. The van der Waals surface area contributed by atoms with Crippen molar-refractivity contribution in [2.24, 2.45) is 5.92 Å². The molecule has 2 aliphatic rings. The van der Waals surface area contributed by atoms with Crippen LogP contribution in [0.15, 0.2) is 85.2 Å². The molecule has 1 aliphatic carbocycles. The van der Waals surface area contributed by atoms with Crippen LogP contribution in [-0.2, 0) is 5.41 Å². The highest BCUT2D eigenvalue weighted by molar-refractivity contribution is 5.64. The van der Waals surface area contributed by atoms with Crippen LogP contribution in [0.4, 0.5) is 0 Å². The largest absolute Gasteiger partial charge is 0.254 e. The Morgan fingerprint density at radius 2 is 1.53 bits per heavy atom. The fourth-order valence-corrected chi connectivity index (χ4v) is 6.49. The number of benzene rings is 3. The molecular weight excluding hydrogens is 388 g/mol. The number of rotatable bonds is 3. The smallest absolute Gasteiger partial charge is 0.199 e. The highest BCUT2D eigenvalue weighted by Crippen LogP contribution is 2.56. The van der Waals surface area contributed by atoms with Crippen LogP contribution in [0, 0.1) is 19.8 Å². The zero-order valence-electron chi connectivity index (χ0n) is 20.0. The lowest BCUT2D eigenvalue weighted by Gasteiger charge is -2.39. The first-order valence-electron chi connectivity index (χ1n) is 12.5. The van der Waals surface area contributed by atoms with Crippen molar-refractivity contribution in [3.63, 3.8) is 0 Å². The number of hydrogen-bond donors (Lipinski definition) is 0. The van der Waals surface area contributed by atoms with Crippen LogP contribution in [0.5, 0.6) is 0 Å². The summed E-state index contributed by atoms with van der Waals surface area (Å²) in [5.74, 6) is 0.523. The standard InChI is InChI=1S/C30H31N2/c1-22-13-9-11-19-27(22)31-21-32-28-20-12-10-18-26(28)30(29(32)23(31)2,24-14-5-3-6-15-24)25-16-7-4-8-17-25/h3,5-6,9-15,18-21,25H,4,7-8,16-17H2,1-2H3/q+1/i21D. The minimum Gasteiger partial charge on any atom is -0.199 e. The first-order valence-corrected chi connectivity index (χ1v) is 12.0. The van der Waals surface area contributed by atoms with Crippen molar-refractivity contribution in [1.82, 2.24) is 4.57 Å². The molecule has 0 saturated heterocycles. The Morgan fingerprint density at radius 3 is 2.31 bits per heavy atom. The second-order valence-electron chi connectivity index (χ2n) is 9.52. The van der Waals surface area contributed by atoms with E-state index in [1.807, 2.05) is 0 Å². The van der Waals surface area contributed by atoms with E-state index in [4.69, 9.17) is 0 Å². The van der Waals surface area contributed by atoms with Crippen LogP contribution in [0.3, 0.4) is 0 Å². The van der Waals surface area contributed by atoms with Gasteiger partial charge in [-0.25, -0.2) is 0 Å². The topological polar surface area (TPSA) is 8.81 Å². The van der Waals surface area contributed by atoms with E-state index < -0.39 is 0 Å². The molecule has 0 spiro atoms. The molecule has 32 heavy (non-hydrogen) atoms. The summed E-state index contributed by atoms with van der Waals surface area (Å²) in [5.41, 5.74) is 8.43. The minimum atomic E-state index is -0.230. The number of hydrogen-bond acceptors (Lipinski definition) is 0. The van der Waals surface area contributed by atoms with Gasteiger partial charge in [0.2, 0.25) is 0 Å². The van der Waals surface area contributed by atoms with Gasteiger partial charge in [0.1, 0.15) is 17.1 Å². The molecule has 1 fully saturated rings. The highest BCUT2D eigenvalue weighted by Gasteiger charge is 2.56. The average molecular weight is 421 g/mol. The molecule has 160 valence electrons. The predicted molar refractivity (Wildman–Crippen MR) is 130 cm³/mol. The van der Waals surface area contributed by atoms with Gasteiger partial charge in [-0.1, -0.05) is 86.0 Å². The molecule has 2 heterocycles.